The quantitative estimate of drug-likeness (QED) is 0.723. The van der Waals surface area contributed by atoms with Crippen molar-refractivity contribution in [3.63, 3.8) is 0 Å². The number of piperazine rings is 1. The van der Waals surface area contributed by atoms with Crippen LogP contribution in [0.15, 0.2) is 0 Å². The molecule has 1 saturated carbocycles. The van der Waals surface area contributed by atoms with Gasteiger partial charge in [0.15, 0.2) is 0 Å². The lowest BCUT2D eigenvalue weighted by Crippen LogP contribution is -2.51. The topological polar surface area (TPSA) is 6.48 Å². The molecule has 0 N–H and O–H groups in total. The summed E-state index contributed by atoms with van der Waals surface area (Å²) in [6.07, 6.45) is 8.09. The summed E-state index contributed by atoms with van der Waals surface area (Å²) < 4.78 is 0.667. The molecule has 1 unspecified atom stereocenters. The summed E-state index contributed by atoms with van der Waals surface area (Å²) in [7, 11) is 0. The summed E-state index contributed by atoms with van der Waals surface area (Å²) in [6, 6.07) is 0.899. The maximum Gasteiger partial charge on any atom is 0.0285 e. The van der Waals surface area contributed by atoms with E-state index in [9.17, 15) is 0 Å². The van der Waals surface area contributed by atoms with Gasteiger partial charge in [0.1, 0.15) is 0 Å². The molecule has 2 nitrogen and oxygen atoms in total. The van der Waals surface area contributed by atoms with E-state index < -0.39 is 0 Å². The molecule has 2 heterocycles. The lowest BCUT2D eigenvalue weighted by molar-refractivity contribution is 0.104. The molecular weight excluding hydrogens is 204 g/mol. The van der Waals surface area contributed by atoms with Gasteiger partial charge in [-0.05, 0) is 38.5 Å². The second-order valence-corrected chi connectivity index (χ2v) is 6.73. The van der Waals surface area contributed by atoms with Crippen LogP contribution in [0, 0.1) is 0 Å². The summed E-state index contributed by atoms with van der Waals surface area (Å²) in [4.78, 5) is 5.44. The van der Waals surface area contributed by atoms with Crippen LogP contribution in [0.5, 0.6) is 0 Å². The molecule has 3 fully saturated rings. The molecule has 0 spiro atoms. The van der Waals surface area contributed by atoms with Gasteiger partial charge in [-0.1, -0.05) is 0 Å². The minimum absolute atomic E-state index is 0.667. The number of rotatable bonds is 3. The highest BCUT2D eigenvalue weighted by molar-refractivity contribution is 8.00. The van der Waals surface area contributed by atoms with Crippen LogP contribution >= 0.6 is 11.8 Å². The zero-order valence-corrected chi connectivity index (χ0v) is 10.6. The van der Waals surface area contributed by atoms with Gasteiger partial charge in [0, 0.05) is 37.0 Å². The number of fused-ring (bicyclic) bond motifs is 1. The van der Waals surface area contributed by atoms with Crippen LogP contribution in [0.3, 0.4) is 0 Å². The van der Waals surface area contributed by atoms with Gasteiger partial charge in [0.25, 0.3) is 0 Å². The van der Waals surface area contributed by atoms with Crippen LogP contribution in [0.4, 0.5) is 0 Å². The summed E-state index contributed by atoms with van der Waals surface area (Å²) >= 11 is 2.10. The number of hydrogen-bond acceptors (Lipinski definition) is 3. The Morgan fingerprint density at radius 2 is 2.13 bits per heavy atom. The predicted octanol–water partition coefficient (Wildman–Crippen LogP) is 1.66. The highest BCUT2D eigenvalue weighted by atomic mass is 32.2. The Bertz CT molecular complexity index is 240. The van der Waals surface area contributed by atoms with Gasteiger partial charge in [0.2, 0.25) is 0 Å². The van der Waals surface area contributed by atoms with Crippen LogP contribution < -0.4 is 0 Å². The van der Waals surface area contributed by atoms with Crippen LogP contribution in [0.2, 0.25) is 0 Å². The van der Waals surface area contributed by atoms with Crippen LogP contribution in [-0.4, -0.2) is 59.6 Å². The van der Waals surface area contributed by atoms with Crippen molar-refractivity contribution in [2.24, 2.45) is 0 Å². The lowest BCUT2D eigenvalue weighted by atomic mass is 10.1. The smallest absolute Gasteiger partial charge is 0.0285 e. The van der Waals surface area contributed by atoms with Crippen molar-refractivity contribution < 1.29 is 0 Å². The van der Waals surface area contributed by atoms with Crippen molar-refractivity contribution in [3.8, 4) is 0 Å². The molecule has 15 heavy (non-hydrogen) atoms. The molecule has 0 aromatic carbocycles. The van der Waals surface area contributed by atoms with E-state index in [1.807, 2.05) is 0 Å². The maximum atomic E-state index is 2.73. The van der Waals surface area contributed by atoms with Crippen molar-refractivity contribution in [1.29, 1.82) is 0 Å². The molecule has 0 aromatic heterocycles. The summed E-state index contributed by atoms with van der Waals surface area (Å²) in [5.41, 5.74) is 0. The number of nitrogens with zero attached hydrogens (tertiary/aromatic N) is 2. The second kappa shape index (κ2) is 3.94. The molecule has 3 heteroatoms. The van der Waals surface area contributed by atoms with Crippen LogP contribution in [-0.2, 0) is 0 Å². The Hall–Kier alpha value is 0.270. The van der Waals surface area contributed by atoms with E-state index in [1.165, 1.54) is 58.4 Å². The Morgan fingerprint density at radius 1 is 1.27 bits per heavy atom. The summed E-state index contributed by atoms with van der Waals surface area (Å²) in [6.45, 7) is 6.72. The maximum absolute atomic E-state index is 2.73. The van der Waals surface area contributed by atoms with E-state index in [1.54, 1.807) is 0 Å². The molecule has 1 atom stereocenters. The largest absolute Gasteiger partial charge is 0.299 e. The fourth-order valence-electron chi connectivity index (χ4n) is 3.17. The van der Waals surface area contributed by atoms with Crippen molar-refractivity contribution in [1.82, 2.24) is 9.80 Å². The van der Waals surface area contributed by atoms with E-state index in [2.05, 4.69) is 27.8 Å². The van der Waals surface area contributed by atoms with E-state index in [4.69, 9.17) is 0 Å². The Labute approximate surface area is 97.4 Å². The molecule has 0 amide bonds. The standard InChI is InChI=1S/C12H22N2S/c1-15-12(4-5-12)10-13-7-8-14-6-2-3-11(14)9-13/h11H,2-10H2,1H3. The average Bonchev–Trinajstić information content (AvgIpc) is 2.88. The zero-order valence-electron chi connectivity index (χ0n) is 9.74. The van der Waals surface area contributed by atoms with Gasteiger partial charge in [-0.15, -0.1) is 0 Å². The zero-order chi connectivity index (χ0) is 10.3. The number of hydrogen-bond donors (Lipinski definition) is 0. The van der Waals surface area contributed by atoms with Crippen molar-refractivity contribution in [2.45, 2.75) is 36.5 Å². The number of thioether (sulfide) groups is 1. The third-order valence-corrected chi connectivity index (χ3v) is 5.83. The first-order valence-corrected chi connectivity index (χ1v) is 7.55. The van der Waals surface area contributed by atoms with E-state index in [-0.39, 0.29) is 0 Å². The van der Waals surface area contributed by atoms with Gasteiger partial charge in [-0.2, -0.15) is 11.8 Å². The molecule has 0 aromatic rings. The predicted molar refractivity (Wildman–Crippen MR) is 66.5 cm³/mol. The Kier molecular flexibility index (Phi) is 2.74. The molecule has 1 aliphatic carbocycles. The monoisotopic (exact) mass is 226 g/mol. The van der Waals surface area contributed by atoms with Gasteiger partial charge in [0.05, 0.1) is 0 Å². The van der Waals surface area contributed by atoms with Gasteiger partial charge < -0.3 is 0 Å². The summed E-state index contributed by atoms with van der Waals surface area (Å²) in [5, 5.41) is 0. The van der Waals surface area contributed by atoms with Crippen LogP contribution in [0.1, 0.15) is 25.7 Å². The third-order valence-electron chi connectivity index (χ3n) is 4.42. The molecule has 3 rings (SSSR count). The molecule has 2 aliphatic heterocycles. The third kappa shape index (κ3) is 2.06. The van der Waals surface area contributed by atoms with E-state index in [0.29, 0.717) is 4.75 Å². The fraction of sp³-hybridized carbons (Fsp3) is 1.00. The SMILES string of the molecule is CSC1(CN2CCN3CCCC3C2)CC1. The fourth-order valence-corrected chi connectivity index (χ4v) is 3.99. The van der Waals surface area contributed by atoms with Crippen LogP contribution in [0.25, 0.3) is 0 Å². The van der Waals surface area contributed by atoms with Gasteiger partial charge in [-0.25, -0.2) is 0 Å². The highest BCUT2D eigenvalue weighted by Gasteiger charge is 2.44. The average molecular weight is 226 g/mol. The molecule has 86 valence electrons. The molecule has 3 aliphatic rings. The Balaban J connectivity index is 1.55. The highest BCUT2D eigenvalue weighted by Crippen LogP contribution is 2.47. The first-order chi connectivity index (χ1) is 7.31. The van der Waals surface area contributed by atoms with E-state index >= 15 is 0 Å². The van der Waals surface area contributed by atoms with E-state index in [0.717, 1.165) is 6.04 Å². The molecule has 0 radical (unpaired) electrons. The summed E-state index contributed by atoms with van der Waals surface area (Å²) in [5.74, 6) is 0. The minimum atomic E-state index is 0.667. The first-order valence-electron chi connectivity index (χ1n) is 6.33. The lowest BCUT2D eigenvalue weighted by Gasteiger charge is -2.38. The normalized spacial score (nSPS) is 35.4. The minimum Gasteiger partial charge on any atom is -0.299 e. The van der Waals surface area contributed by atoms with Gasteiger partial charge in [-0.3, -0.25) is 9.80 Å². The Morgan fingerprint density at radius 3 is 2.87 bits per heavy atom. The van der Waals surface area contributed by atoms with Crippen molar-refractivity contribution >= 4 is 11.8 Å². The first kappa shape index (κ1) is 10.4. The molecule has 0 bridgehead atoms. The van der Waals surface area contributed by atoms with Crippen molar-refractivity contribution in [3.05, 3.63) is 0 Å². The van der Waals surface area contributed by atoms with Gasteiger partial charge >= 0.3 is 0 Å². The molecular formula is C12H22N2S. The molecule has 2 saturated heterocycles. The van der Waals surface area contributed by atoms with Crippen molar-refractivity contribution in [2.75, 3.05) is 39.0 Å². The second-order valence-electron chi connectivity index (χ2n) is 5.45.